The van der Waals surface area contributed by atoms with Gasteiger partial charge in [-0.25, -0.2) is 0 Å². The van der Waals surface area contributed by atoms with E-state index in [0.29, 0.717) is 18.4 Å². The third kappa shape index (κ3) is 6.29. The van der Waals surface area contributed by atoms with Crippen LogP contribution in [0, 0.1) is 6.92 Å². The topological polar surface area (TPSA) is 58.2 Å². The minimum absolute atomic E-state index is 0. The minimum atomic E-state index is -0.637. The Morgan fingerprint density at radius 1 is 0.871 bits per heavy atom. The molecule has 0 heterocycles. The summed E-state index contributed by atoms with van der Waals surface area (Å²) in [6.07, 6.45) is 3.23. The van der Waals surface area contributed by atoms with Crippen LogP contribution in [0.5, 0.6) is 0 Å². The highest BCUT2D eigenvalue weighted by Gasteiger charge is 2.22. The number of aryl methyl sites for hydroxylation is 2. The van der Waals surface area contributed by atoms with Gasteiger partial charge in [-0.05, 0) is 61.1 Å². The lowest BCUT2D eigenvalue weighted by atomic mass is 10.0. The normalized spacial score (nSPS) is 11.5. The molecule has 4 heteroatoms. The smallest absolute Gasteiger partial charge is 0.251 e. The predicted octanol–water partition coefficient (Wildman–Crippen LogP) is 5.81. The lowest BCUT2D eigenvalue weighted by Gasteiger charge is -2.20. The van der Waals surface area contributed by atoms with E-state index in [1.807, 2.05) is 67.6 Å². The van der Waals surface area contributed by atoms with E-state index in [1.165, 1.54) is 5.56 Å². The van der Waals surface area contributed by atoms with Crippen LogP contribution in [0.15, 0.2) is 78.9 Å². The molecular weight excluding hydrogens is 384 g/mol. The Morgan fingerprint density at radius 2 is 1.55 bits per heavy atom. The van der Waals surface area contributed by atoms with Gasteiger partial charge in [-0.3, -0.25) is 9.59 Å². The van der Waals surface area contributed by atoms with Crippen molar-refractivity contribution in [2.75, 3.05) is 5.32 Å². The molecule has 2 N–H and O–H groups in total. The van der Waals surface area contributed by atoms with Crippen LogP contribution in [-0.4, -0.2) is 17.9 Å². The summed E-state index contributed by atoms with van der Waals surface area (Å²) >= 11 is 0. The van der Waals surface area contributed by atoms with E-state index in [0.717, 1.165) is 29.7 Å². The second-order valence-electron chi connectivity index (χ2n) is 7.75. The van der Waals surface area contributed by atoms with E-state index in [4.69, 9.17) is 0 Å². The summed E-state index contributed by atoms with van der Waals surface area (Å²) in [5.41, 5.74) is 4.79. The van der Waals surface area contributed by atoms with Gasteiger partial charge in [-0.2, -0.15) is 0 Å². The summed E-state index contributed by atoms with van der Waals surface area (Å²) in [4.78, 5) is 25.9. The van der Waals surface area contributed by atoms with Gasteiger partial charge in [0.1, 0.15) is 6.04 Å². The molecule has 0 aliphatic rings. The van der Waals surface area contributed by atoms with Crippen molar-refractivity contribution in [2.45, 2.75) is 45.6 Å². The molecule has 0 aliphatic heterocycles. The number of anilines is 1. The maximum Gasteiger partial charge on any atom is 0.251 e. The van der Waals surface area contributed by atoms with E-state index in [2.05, 4.69) is 23.6 Å². The monoisotopic (exact) mass is 418 g/mol. The molecule has 0 aliphatic carbocycles. The molecule has 3 aromatic rings. The number of hydrogen-bond donors (Lipinski definition) is 2. The molecular formula is C27H34N2O2. The number of hydrogen-bond acceptors (Lipinski definition) is 2. The number of nitrogens with one attached hydrogen (secondary N) is 2. The van der Waals surface area contributed by atoms with Crippen LogP contribution < -0.4 is 10.6 Å². The van der Waals surface area contributed by atoms with Crippen LogP contribution in [0.2, 0.25) is 0 Å². The molecule has 2 amide bonds. The molecule has 0 radical (unpaired) electrons. The van der Waals surface area contributed by atoms with E-state index >= 15 is 0 Å². The molecule has 31 heavy (non-hydrogen) atoms. The highest BCUT2D eigenvalue weighted by atomic mass is 16.2. The number of carbonyl (C=O) groups excluding carboxylic acids is 2. The minimum Gasteiger partial charge on any atom is -0.340 e. The number of carbonyl (C=O) groups is 2. The zero-order chi connectivity index (χ0) is 22.1. The van der Waals surface area contributed by atoms with Gasteiger partial charge in [0.15, 0.2) is 0 Å². The maximum atomic E-state index is 13.2. The van der Waals surface area contributed by atoms with Crippen molar-refractivity contribution < 1.29 is 12.4 Å². The van der Waals surface area contributed by atoms with Crippen molar-refractivity contribution in [3.63, 3.8) is 0 Å². The van der Waals surface area contributed by atoms with Crippen molar-refractivity contribution in [1.29, 1.82) is 0 Å². The summed E-state index contributed by atoms with van der Waals surface area (Å²) in [7, 11) is 0. The second-order valence-corrected chi connectivity index (χ2v) is 7.75. The maximum absolute atomic E-state index is 13.2. The first-order valence-electron chi connectivity index (χ1n) is 10.9. The van der Waals surface area contributed by atoms with Crippen LogP contribution >= 0.6 is 0 Å². The van der Waals surface area contributed by atoms with Crippen molar-refractivity contribution in [3.05, 3.63) is 101 Å². The first-order chi connectivity index (χ1) is 15.1. The summed E-state index contributed by atoms with van der Waals surface area (Å²) in [6.45, 7) is 4.17. The van der Waals surface area contributed by atoms with Crippen molar-refractivity contribution in [2.24, 2.45) is 0 Å². The fraction of sp³-hybridized carbons (Fsp3) is 0.259. The fourth-order valence-corrected chi connectivity index (χ4v) is 3.63. The zero-order valence-electron chi connectivity index (χ0n) is 18.2. The second kappa shape index (κ2) is 11.1. The van der Waals surface area contributed by atoms with Crippen LogP contribution in [0.4, 0.5) is 5.69 Å². The van der Waals surface area contributed by atoms with E-state index in [9.17, 15) is 9.59 Å². The molecule has 0 saturated heterocycles. The van der Waals surface area contributed by atoms with Gasteiger partial charge in [0.2, 0.25) is 5.91 Å². The Labute approximate surface area is 187 Å². The molecule has 3 aromatic carbocycles. The molecule has 3 rings (SSSR count). The van der Waals surface area contributed by atoms with Gasteiger partial charge < -0.3 is 10.6 Å². The largest absolute Gasteiger partial charge is 0.340 e. The first-order valence-corrected chi connectivity index (χ1v) is 10.9. The molecule has 0 spiro atoms. The van der Waals surface area contributed by atoms with Gasteiger partial charge in [0, 0.05) is 14.1 Å². The predicted molar refractivity (Wildman–Crippen MR) is 130 cm³/mol. The Hall–Kier alpha value is -3.40. The SMILES string of the molecule is CCCc1cccc(NC(=O)C(CCc2ccccc2)NC(=O)c2ccccc2)c1C.[HH].[HH]. The van der Waals surface area contributed by atoms with Crippen LogP contribution in [0.25, 0.3) is 0 Å². The van der Waals surface area contributed by atoms with Crippen molar-refractivity contribution in [1.82, 2.24) is 5.32 Å². The third-order valence-corrected chi connectivity index (χ3v) is 5.45. The van der Waals surface area contributed by atoms with Gasteiger partial charge >= 0.3 is 0 Å². The molecule has 1 atom stereocenters. The average Bonchev–Trinajstić information content (AvgIpc) is 2.80. The fourth-order valence-electron chi connectivity index (χ4n) is 3.63. The average molecular weight is 419 g/mol. The quantitative estimate of drug-likeness (QED) is 0.461. The highest BCUT2D eigenvalue weighted by molar-refractivity contribution is 6.01. The molecule has 0 fully saturated rings. The lowest BCUT2D eigenvalue weighted by Crippen LogP contribution is -2.44. The number of benzene rings is 3. The molecule has 1 unspecified atom stereocenters. The van der Waals surface area contributed by atoms with Crippen LogP contribution in [0.1, 0.15) is 49.7 Å². The van der Waals surface area contributed by atoms with E-state index in [1.54, 1.807) is 12.1 Å². The number of rotatable bonds is 9. The van der Waals surface area contributed by atoms with Gasteiger partial charge in [0.05, 0.1) is 0 Å². The summed E-state index contributed by atoms with van der Waals surface area (Å²) < 4.78 is 0. The number of amides is 2. The lowest BCUT2D eigenvalue weighted by molar-refractivity contribution is -0.118. The standard InChI is InChI=1S/C27H30N2O2.2H2/c1-3-11-22-16-10-17-24(20(22)2)28-27(31)25(19-18-21-12-6-4-7-13-21)29-26(30)23-14-8-5-9-15-23;;/h4-10,12-17,25H,3,11,18-19H2,1-2H3,(H,28,31)(H,29,30);2*1H. The summed E-state index contributed by atoms with van der Waals surface area (Å²) in [6, 6.07) is 24.3. The molecule has 0 aromatic heterocycles. The molecule has 164 valence electrons. The summed E-state index contributed by atoms with van der Waals surface area (Å²) in [5.74, 6) is -0.442. The van der Waals surface area contributed by atoms with Gasteiger partial charge in [0.25, 0.3) is 5.91 Å². The van der Waals surface area contributed by atoms with E-state index < -0.39 is 6.04 Å². The first kappa shape index (κ1) is 22.3. The molecule has 0 saturated carbocycles. The molecule has 0 bridgehead atoms. The Balaban J connectivity index is 0.00000272. The Kier molecular flexibility index (Phi) is 7.99. The molecule has 4 nitrogen and oxygen atoms in total. The van der Waals surface area contributed by atoms with Gasteiger partial charge in [-0.15, -0.1) is 0 Å². The highest BCUT2D eigenvalue weighted by Crippen LogP contribution is 2.21. The van der Waals surface area contributed by atoms with Crippen molar-refractivity contribution >= 4 is 17.5 Å². The Morgan fingerprint density at radius 3 is 2.23 bits per heavy atom. The van der Waals surface area contributed by atoms with Crippen LogP contribution in [0.3, 0.4) is 0 Å². The third-order valence-electron chi connectivity index (χ3n) is 5.45. The van der Waals surface area contributed by atoms with Crippen LogP contribution in [-0.2, 0) is 17.6 Å². The summed E-state index contributed by atoms with van der Waals surface area (Å²) in [5, 5.41) is 5.98. The van der Waals surface area contributed by atoms with E-state index in [-0.39, 0.29) is 14.7 Å². The van der Waals surface area contributed by atoms with Crippen molar-refractivity contribution in [3.8, 4) is 0 Å². The zero-order valence-corrected chi connectivity index (χ0v) is 18.2. The van der Waals surface area contributed by atoms with Gasteiger partial charge in [-0.1, -0.05) is 74.0 Å². The Bertz CT molecular complexity index is 1010.